The summed E-state index contributed by atoms with van der Waals surface area (Å²) in [5.41, 5.74) is 5.39. The zero-order valence-corrected chi connectivity index (χ0v) is 14.8. The molecular formula is C18H21N4O5+. The molecule has 5 N–H and O–H groups in total. The molecule has 1 spiro atoms. The fourth-order valence-electron chi connectivity index (χ4n) is 4.80. The Morgan fingerprint density at radius 1 is 1.30 bits per heavy atom. The number of nitrogens with two attached hydrogens (primary N) is 2. The minimum atomic E-state index is -1.27. The normalized spacial score (nSPS) is 31.4. The molecule has 0 radical (unpaired) electrons. The molecule has 1 aromatic carbocycles. The molecule has 9 heteroatoms. The molecular weight excluding hydrogens is 352 g/mol. The Hall–Kier alpha value is -2.78. The van der Waals surface area contributed by atoms with Gasteiger partial charge in [0.2, 0.25) is 23.3 Å². The first-order valence-corrected chi connectivity index (χ1v) is 8.81. The number of para-hydroxylation sites is 1. The summed E-state index contributed by atoms with van der Waals surface area (Å²) in [6.07, 6.45) is -0.0878. The number of amides is 4. The van der Waals surface area contributed by atoms with Crippen LogP contribution in [0.4, 0.5) is 5.69 Å². The zero-order valence-electron chi connectivity index (χ0n) is 14.8. The second-order valence-electron chi connectivity index (χ2n) is 7.19. The lowest BCUT2D eigenvalue weighted by Crippen LogP contribution is -2.99. The Balaban J connectivity index is 1.83. The van der Waals surface area contributed by atoms with Crippen LogP contribution in [0.1, 0.15) is 12.0 Å². The lowest BCUT2D eigenvalue weighted by atomic mass is 9.76. The highest BCUT2D eigenvalue weighted by atomic mass is 16.5. The van der Waals surface area contributed by atoms with Gasteiger partial charge in [-0.05, 0) is 6.07 Å². The van der Waals surface area contributed by atoms with Crippen molar-refractivity contribution >= 4 is 29.3 Å². The van der Waals surface area contributed by atoms with Crippen molar-refractivity contribution < 1.29 is 29.2 Å². The predicted molar refractivity (Wildman–Crippen MR) is 91.9 cm³/mol. The van der Waals surface area contributed by atoms with E-state index in [0.717, 1.165) is 4.90 Å². The molecule has 3 aliphatic heterocycles. The second kappa shape index (κ2) is 6.14. The van der Waals surface area contributed by atoms with Crippen molar-refractivity contribution in [1.29, 1.82) is 0 Å². The van der Waals surface area contributed by atoms with E-state index in [4.69, 9.17) is 10.5 Å². The third-order valence-electron chi connectivity index (χ3n) is 5.82. The Bertz CT molecular complexity index is 856. The number of anilines is 1. The molecule has 0 saturated carbocycles. The molecule has 142 valence electrons. The summed E-state index contributed by atoms with van der Waals surface area (Å²) >= 11 is 0. The Kier molecular flexibility index (Phi) is 4.01. The fraction of sp³-hybridized carbons (Fsp3) is 0.444. The first kappa shape index (κ1) is 17.6. The molecule has 4 atom stereocenters. The van der Waals surface area contributed by atoms with Crippen molar-refractivity contribution in [3.8, 4) is 0 Å². The molecule has 0 aromatic heterocycles. The number of nitrogens with zero attached hydrogens (tertiary/aromatic N) is 1. The Morgan fingerprint density at radius 3 is 2.74 bits per heavy atom. The monoisotopic (exact) mass is 373 g/mol. The summed E-state index contributed by atoms with van der Waals surface area (Å²) in [6, 6.07) is 6.54. The highest BCUT2D eigenvalue weighted by molar-refractivity contribution is 6.14. The van der Waals surface area contributed by atoms with Crippen LogP contribution in [0.25, 0.3) is 0 Å². The van der Waals surface area contributed by atoms with E-state index < -0.39 is 35.2 Å². The van der Waals surface area contributed by atoms with Gasteiger partial charge >= 0.3 is 0 Å². The Labute approximate surface area is 155 Å². The molecule has 3 heterocycles. The van der Waals surface area contributed by atoms with Gasteiger partial charge in [-0.3, -0.25) is 24.1 Å². The summed E-state index contributed by atoms with van der Waals surface area (Å²) in [4.78, 5) is 52.0. The van der Waals surface area contributed by atoms with E-state index in [1.807, 2.05) is 0 Å². The number of imide groups is 1. The summed E-state index contributed by atoms with van der Waals surface area (Å²) in [6.45, 7) is 0.320. The maximum Gasteiger partial charge on any atom is 0.291 e. The molecule has 2 saturated heterocycles. The lowest BCUT2D eigenvalue weighted by molar-refractivity contribution is -0.732. The van der Waals surface area contributed by atoms with Crippen LogP contribution in [-0.2, 0) is 29.5 Å². The molecule has 0 unspecified atom stereocenters. The number of likely N-dealkylation sites (tertiary alicyclic amines) is 1. The molecule has 3 aliphatic rings. The number of rotatable bonds is 5. The maximum absolute atomic E-state index is 13.2. The van der Waals surface area contributed by atoms with Gasteiger partial charge in [0.25, 0.3) is 5.91 Å². The predicted octanol–water partition coefficient (Wildman–Crippen LogP) is -2.10. The number of carbonyl (C=O) groups excluding carboxylic acids is 4. The SMILES string of the molecule is COCCN1C(=O)[C@H]2[C@@H](C1=O)[C@@]1([NH2+][C@@H]2CC(N)=O)C(=O)Nc2ccccc21. The summed E-state index contributed by atoms with van der Waals surface area (Å²) in [5.74, 6) is -3.36. The van der Waals surface area contributed by atoms with Gasteiger partial charge in [-0.15, -0.1) is 0 Å². The number of hydrogen-bond acceptors (Lipinski definition) is 5. The van der Waals surface area contributed by atoms with Crippen LogP contribution in [0.2, 0.25) is 0 Å². The van der Waals surface area contributed by atoms with E-state index in [1.54, 1.807) is 29.6 Å². The smallest absolute Gasteiger partial charge is 0.291 e. The van der Waals surface area contributed by atoms with E-state index >= 15 is 0 Å². The number of methoxy groups -OCH3 is 1. The molecule has 2 fully saturated rings. The van der Waals surface area contributed by atoms with Crippen LogP contribution in [0.5, 0.6) is 0 Å². The Morgan fingerprint density at radius 2 is 2.04 bits per heavy atom. The minimum absolute atomic E-state index is 0.0878. The van der Waals surface area contributed by atoms with Gasteiger partial charge in [0.05, 0.1) is 25.3 Å². The number of quaternary nitrogens is 1. The van der Waals surface area contributed by atoms with Crippen molar-refractivity contribution in [3.63, 3.8) is 0 Å². The lowest BCUT2D eigenvalue weighted by Gasteiger charge is -2.26. The highest BCUT2D eigenvalue weighted by Crippen LogP contribution is 2.49. The van der Waals surface area contributed by atoms with Crippen LogP contribution < -0.4 is 16.4 Å². The highest BCUT2D eigenvalue weighted by Gasteiger charge is 2.74. The van der Waals surface area contributed by atoms with Gasteiger partial charge in [-0.1, -0.05) is 18.2 Å². The van der Waals surface area contributed by atoms with Crippen LogP contribution in [0, 0.1) is 11.8 Å². The van der Waals surface area contributed by atoms with E-state index in [-0.39, 0.29) is 31.4 Å². The largest absolute Gasteiger partial charge is 0.383 e. The number of hydrogen-bond donors (Lipinski definition) is 3. The second-order valence-corrected chi connectivity index (χ2v) is 7.19. The summed E-state index contributed by atoms with van der Waals surface area (Å²) in [5, 5.41) is 4.51. The van der Waals surface area contributed by atoms with Crippen molar-refractivity contribution in [2.45, 2.75) is 18.0 Å². The number of fused-ring (bicyclic) bond motifs is 4. The summed E-state index contributed by atoms with van der Waals surface area (Å²) < 4.78 is 5.00. The quantitative estimate of drug-likeness (QED) is 0.508. The number of nitrogens with one attached hydrogen (secondary N) is 1. The third kappa shape index (κ3) is 2.31. The van der Waals surface area contributed by atoms with Gasteiger partial charge < -0.3 is 21.1 Å². The minimum Gasteiger partial charge on any atom is -0.383 e. The van der Waals surface area contributed by atoms with E-state index in [9.17, 15) is 19.2 Å². The maximum atomic E-state index is 13.2. The fourth-order valence-corrected chi connectivity index (χ4v) is 4.80. The average molecular weight is 373 g/mol. The van der Waals surface area contributed by atoms with E-state index in [0.29, 0.717) is 11.3 Å². The van der Waals surface area contributed by atoms with Gasteiger partial charge in [-0.25, -0.2) is 0 Å². The van der Waals surface area contributed by atoms with Gasteiger partial charge in [0.1, 0.15) is 17.9 Å². The molecule has 4 amide bonds. The van der Waals surface area contributed by atoms with Crippen LogP contribution in [0.3, 0.4) is 0 Å². The van der Waals surface area contributed by atoms with Crippen molar-refractivity contribution in [2.24, 2.45) is 17.6 Å². The van der Waals surface area contributed by atoms with E-state index in [2.05, 4.69) is 5.32 Å². The van der Waals surface area contributed by atoms with Crippen molar-refractivity contribution in [3.05, 3.63) is 29.8 Å². The number of benzene rings is 1. The first-order valence-electron chi connectivity index (χ1n) is 8.81. The molecule has 9 nitrogen and oxygen atoms in total. The average Bonchev–Trinajstić information content (AvgIpc) is 3.19. The van der Waals surface area contributed by atoms with Crippen molar-refractivity contribution in [1.82, 2.24) is 4.90 Å². The van der Waals surface area contributed by atoms with Gasteiger partial charge in [0.15, 0.2) is 0 Å². The number of carbonyl (C=O) groups is 4. The summed E-state index contributed by atoms with van der Waals surface area (Å²) in [7, 11) is 1.48. The van der Waals surface area contributed by atoms with Gasteiger partial charge in [0, 0.05) is 12.7 Å². The number of ether oxygens (including phenoxy) is 1. The van der Waals surface area contributed by atoms with Crippen molar-refractivity contribution in [2.75, 3.05) is 25.6 Å². The zero-order chi connectivity index (χ0) is 19.3. The molecule has 0 aliphatic carbocycles. The number of primary amides is 1. The topological polar surface area (TPSA) is 135 Å². The molecule has 0 bridgehead atoms. The van der Waals surface area contributed by atoms with Crippen LogP contribution in [0.15, 0.2) is 24.3 Å². The van der Waals surface area contributed by atoms with Gasteiger partial charge in [-0.2, -0.15) is 0 Å². The molecule has 4 rings (SSSR count). The third-order valence-corrected chi connectivity index (χ3v) is 5.82. The van der Waals surface area contributed by atoms with Crippen LogP contribution >= 0.6 is 0 Å². The molecule has 27 heavy (non-hydrogen) atoms. The first-order chi connectivity index (χ1) is 12.9. The van der Waals surface area contributed by atoms with E-state index in [1.165, 1.54) is 7.11 Å². The standard InChI is InChI=1S/C18H20N4O5/c1-27-7-6-22-15(24)13-11(8-12(19)23)21-18(14(13)16(22)25)9-4-2-3-5-10(9)20-17(18)26/h2-5,11,13-14,21H,6-8H2,1H3,(H2,19,23)(H,20,26)/p+1/t11-,13-,14+,18-/m1/s1. The van der Waals surface area contributed by atoms with Crippen LogP contribution in [-0.4, -0.2) is 54.8 Å². The molecule has 1 aromatic rings.